The molecule has 5 nitrogen and oxygen atoms in total. The number of hydrogen-bond donors (Lipinski definition) is 0. The van der Waals surface area contributed by atoms with Crippen LogP contribution in [0.15, 0.2) is 59.0 Å². The molecule has 2 aromatic carbocycles. The summed E-state index contributed by atoms with van der Waals surface area (Å²) in [6.45, 7) is 8.07. The lowest BCUT2D eigenvalue weighted by molar-refractivity contribution is 0.0594. The van der Waals surface area contributed by atoms with Gasteiger partial charge in [-0.25, -0.2) is 0 Å². The summed E-state index contributed by atoms with van der Waals surface area (Å²) in [6, 6.07) is 17.5. The zero-order chi connectivity index (χ0) is 21.8. The first kappa shape index (κ1) is 21.5. The first-order chi connectivity index (χ1) is 15.0. The molecule has 3 aromatic rings. The maximum absolute atomic E-state index is 12.9. The molecule has 1 amide bonds. The number of ether oxygens (including phenoxy) is 1. The molecular formula is C25H27ClN2O3. The summed E-state index contributed by atoms with van der Waals surface area (Å²) >= 11 is 6.27. The van der Waals surface area contributed by atoms with Crippen molar-refractivity contribution in [3.63, 3.8) is 0 Å². The highest BCUT2D eigenvalue weighted by molar-refractivity contribution is 6.31. The molecule has 4 rings (SSSR count). The molecule has 1 aromatic heterocycles. The smallest absolute Gasteiger partial charge is 0.289 e. The average Bonchev–Trinajstić information content (AvgIpc) is 3.24. The highest BCUT2D eigenvalue weighted by atomic mass is 35.5. The van der Waals surface area contributed by atoms with Gasteiger partial charge in [0.1, 0.15) is 18.1 Å². The summed E-state index contributed by atoms with van der Waals surface area (Å²) in [4.78, 5) is 17.0. The fourth-order valence-electron chi connectivity index (χ4n) is 3.87. The molecule has 0 aliphatic carbocycles. The summed E-state index contributed by atoms with van der Waals surface area (Å²) < 4.78 is 11.7. The van der Waals surface area contributed by atoms with Crippen LogP contribution in [0.1, 0.15) is 33.0 Å². The lowest BCUT2D eigenvalue weighted by Crippen LogP contribution is -2.48. The number of carbonyl (C=O) groups is 1. The summed E-state index contributed by atoms with van der Waals surface area (Å²) in [5.41, 5.74) is 3.28. The van der Waals surface area contributed by atoms with E-state index >= 15 is 0 Å². The number of para-hydroxylation sites is 1. The number of carbonyl (C=O) groups excluding carboxylic acids is 1. The monoisotopic (exact) mass is 438 g/mol. The molecule has 31 heavy (non-hydrogen) atoms. The second-order valence-electron chi connectivity index (χ2n) is 7.94. The normalized spacial score (nSPS) is 14.6. The summed E-state index contributed by atoms with van der Waals surface area (Å²) in [5, 5.41) is 0.784. The minimum atomic E-state index is -0.0734. The Morgan fingerprint density at radius 3 is 2.39 bits per heavy atom. The van der Waals surface area contributed by atoms with Crippen LogP contribution in [0, 0.1) is 13.8 Å². The zero-order valence-electron chi connectivity index (χ0n) is 17.9. The standard InChI is InChI=1S/C25H27ClN2O3/c1-18-6-5-7-19(2)24(18)30-17-21-10-11-23(31-21)25(29)28-14-12-27(13-15-28)16-20-8-3-4-9-22(20)26/h3-11H,12-17H2,1-2H3. The van der Waals surface area contributed by atoms with Gasteiger partial charge in [-0.3, -0.25) is 9.69 Å². The molecule has 1 saturated heterocycles. The van der Waals surface area contributed by atoms with Crippen LogP contribution in [-0.2, 0) is 13.2 Å². The Bertz CT molecular complexity index is 1030. The first-order valence-electron chi connectivity index (χ1n) is 10.5. The maximum Gasteiger partial charge on any atom is 0.289 e. The molecule has 6 heteroatoms. The topological polar surface area (TPSA) is 45.9 Å². The number of rotatable bonds is 6. The van der Waals surface area contributed by atoms with Crippen molar-refractivity contribution in [2.45, 2.75) is 27.0 Å². The fraction of sp³-hybridized carbons (Fsp3) is 0.320. The molecular weight excluding hydrogens is 412 g/mol. The van der Waals surface area contributed by atoms with Crippen molar-refractivity contribution in [2.75, 3.05) is 26.2 Å². The van der Waals surface area contributed by atoms with Crippen molar-refractivity contribution >= 4 is 17.5 Å². The van der Waals surface area contributed by atoms with Gasteiger partial charge in [-0.05, 0) is 48.7 Å². The van der Waals surface area contributed by atoms with Crippen molar-refractivity contribution < 1.29 is 13.9 Å². The van der Waals surface area contributed by atoms with Crippen LogP contribution in [0.5, 0.6) is 5.75 Å². The van der Waals surface area contributed by atoms with Crippen LogP contribution >= 0.6 is 11.6 Å². The Morgan fingerprint density at radius 2 is 1.68 bits per heavy atom. The van der Waals surface area contributed by atoms with Crippen LogP contribution in [-0.4, -0.2) is 41.9 Å². The third kappa shape index (κ3) is 5.12. The number of amides is 1. The predicted octanol–water partition coefficient (Wildman–Crippen LogP) is 5.09. The molecule has 0 bridgehead atoms. The Balaban J connectivity index is 1.30. The molecule has 0 radical (unpaired) electrons. The van der Waals surface area contributed by atoms with Gasteiger partial charge in [0.15, 0.2) is 5.76 Å². The van der Waals surface area contributed by atoms with Gasteiger partial charge in [0.2, 0.25) is 0 Å². The second kappa shape index (κ2) is 9.58. The quantitative estimate of drug-likeness (QED) is 0.538. The number of furan rings is 1. The van der Waals surface area contributed by atoms with E-state index < -0.39 is 0 Å². The van der Waals surface area contributed by atoms with E-state index in [2.05, 4.69) is 4.90 Å². The zero-order valence-corrected chi connectivity index (χ0v) is 18.7. The molecule has 162 valence electrons. The lowest BCUT2D eigenvalue weighted by Gasteiger charge is -2.34. The molecule has 0 spiro atoms. The van der Waals surface area contributed by atoms with Gasteiger partial charge in [-0.15, -0.1) is 0 Å². The Kier molecular flexibility index (Phi) is 6.64. The van der Waals surface area contributed by atoms with E-state index in [-0.39, 0.29) is 5.91 Å². The van der Waals surface area contributed by atoms with E-state index in [4.69, 9.17) is 20.8 Å². The summed E-state index contributed by atoms with van der Waals surface area (Å²) in [5.74, 6) is 1.79. The molecule has 0 atom stereocenters. The summed E-state index contributed by atoms with van der Waals surface area (Å²) in [7, 11) is 0. The van der Waals surface area contributed by atoms with Crippen LogP contribution in [0.25, 0.3) is 0 Å². The molecule has 0 unspecified atom stereocenters. The van der Waals surface area contributed by atoms with E-state index in [1.165, 1.54) is 0 Å². The number of nitrogens with zero attached hydrogens (tertiary/aromatic N) is 2. The maximum atomic E-state index is 12.9. The molecule has 1 fully saturated rings. The number of benzene rings is 2. The van der Waals surface area contributed by atoms with Gasteiger partial charge in [-0.1, -0.05) is 48.0 Å². The molecule has 1 aliphatic heterocycles. The van der Waals surface area contributed by atoms with Crippen LogP contribution in [0.4, 0.5) is 0 Å². The van der Waals surface area contributed by atoms with E-state index in [0.717, 1.165) is 47.1 Å². The second-order valence-corrected chi connectivity index (χ2v) is 8.34. The lowest BCUT2D eigenvalue weighted by atomic mass is 10.1. The number of halogens is 1. The van der Waals surface area contributed by atoms with Crippen LogP contribution in [0.2, 0.25) is 5.02 Å². The van der Waals surface area contributed by atoms with Gasteiger partial charge < -0.3 is 14.1 Å². The third-order valence-electron chi connectivity index (χ3n) is 5.65. The highest BCUT2D eigenvalue weighted by Gasteiger charge is 2.24. The number of piperazine rings is 1. The predicted molar refractivity (Wildman–Crippen MR) is 122 cm³/mol. The summed E-state index contributed by atoms with van der Waals surface area (Å²) in [6.07, 6.45) is 0. The van der Waals surface area contributed by atoms with Crippen LogP contribution < -0.4 is 4.74 Å². The van der Waals surface area contributed by atoms with Crippen molar-refractivity contribution in [1.29, 1.82) is 0 Å². The third-order valence-corrected chi connectivity index (χ3v) is 6.02. The molecule has 2 heterocycles. The van der Waals surface area contributed by atoms with Gasteiger partial charge in [0.05, 0.1) is 0 Å². The van der Waals surface area contributed by atoms with Gasteiger partial charge in [-0.2, -0.15) is 0 Å². The van der Waals surface area contributed by atoms with E-state index in [1.807, 2.05) is 67.3 Å². The highest BCUT2D eigenvalue weighted by Crippen LogP contribution is 2.24. The van der Waals surface area contributed by atoms with Crippen molar-refractivity contribution in [3.8, 4) is 5.75 Å². The van der Waals surface area contributed by atoms with Crippen molar-refractivity contribution in [3.05, 3.63) is 87.8 Å². The number of aryl methyl sites for hydroxylation is 2. The first-order valence-corrected chi connectivity index (χ1v) is 10.9. The Labute approximate surface area is 188 Å². The molecule has 0 N–H and O–H groups in total. The SMILES string of the molecule is Cc1cccc(C)c1OCc1ccc(C(=O)N2CCN(Cc3ccccc3Cl)CC2)o1. The minimum absolute atomic E-state index is 0.0734. The minimum Gasteiger partial charge on any atom is -0.485 e. The van der Waals surface area contributed by atoms with Gasteiger partial charge in [0, 0.05) is 37.7 Å². The van der Waals surface area contributed by atoms with Crippen LogP contribution in [0.3, 0.4) is 0 Å². The molecule has 1 aliphatic rings. The van der Waals surface area contributed by atoms with Gasteiger partial charge in [0.25, 0.3) is 5.91 Å². The Morgan fingerprint density at radius 1 is 0.968 bits per heavy atom. The van der Waals surface area contributed by atoms with E-state index in [0.29, 0.717) is 31.2 Å². The Hall–Kier alpha value is -2.76. The van der Waals surface area contributed by atoms with E-state index in [9.17, 15) is 4.79 Å². The van der Waals surface area contributed by atoms with Gasteiger partial charge >= 0.3 is 0 Å². The average molecular weight is 439 g/mol. The molecule has 0 saturated carbocycles. The number of hydrogen-bond acceptors (Lipinski definition) is 4. The van der Waals surface area contributed by atoms with Crippen molar-refractivity contribution in [1.82, 2.24) is 9.80 Å². The largest absolute Gasteiger partial charge is 0.485 e. The fourth-order valence-corrected chi connectivity index (χ4v) is 4.07. The van der Waals surface area contributed by atoms with Crippen molar-refractivity contribution in [2.24, 2.45) is 0 Å². The van der Waals surface area contributed by atoms with E-state index in [1.54, 1.807) is 6.07 Å².